The first-order valence-corrected chi connectivity index (χ1v) is 34.9. The van der Waals surface area contributed by atoms with Crippen LogP contribution in [0.2, 0.25) is 0 Å². The SMILES string of the molecule is CNC(=O)c1ccccc1Sc1ccc2c(/C=C/c3ccccn3)nn(C(=O)N(CCNC(=O)[C@H](CCC(=O)O)NC(C)=O)CCC(=O)N[C@@H](CCNC(=O)[C@@H](NC=O)[C@@H](C)O)C(=O)N[C@@H](CCN)C(=O)N[C@H](Cc3ccccc3)C(=O)N[C@@H](CC(C)C)C(=O)N[C@@H](CCN)C(=O)NCCCN)c2c1. The van der Waals surface area contributed by atoms with E-state index in [-0.39, 0.29) is 88.6 Å². The Kier molecular flexibility index (Phi) is 35.5. The molecular weight excluding hydrogens is 1360 g/mol. The van der Waals surface area contributed by atoms with Crippen molar-refractivity contribution >= 4 is 112 Å². The van der Waals surface area contributed by atoms with Crippen molar-refractivity contribution in [3.8, 4) is 0 Å². The third kappa shape index (κ3) is 27.6. The van der Waals surface area contributed by atoms with E-state index in [0.717, 1.165) is 11.6 Å². The molecule has 0 saturated carbocycles. The van der Waals surface area contributed by atoms with Gasteiger partial charge in [-0.3, -0.25) is 62.5 Å². The highest BCUT2D eigenvalue weighted by molar-refractivity contribution is 7.99. The minimum atomic E-state index is -1.63. The first-order chi connectivity index (χ1) is 49.8. The second-order valence-electron chi connectivity index (χ2n) is 24.6. The van der Waals surface area contributed by atoms with Gasteiger partial charge in [0.05, 0.1) is 28.6 Å². The van der Waals surface area contributed by atoms with Crippen LogP contribution in [0.15, 0.2) is 107 Å². The third-order valence-electron chi connectivity index (χ3n) is 16.0. The molecule has 562 valence electrons. The zero-order chi connectivity index (χ0) is 76.3. The van der Waals surface area contributed by atoms with Crippen molar-refractivity contribution in [2.24, 2.45) is 23.1 Å². The summed E-state index contributed by atoms with van der Waals surface area (Å²) >= 11 is 1.23. The monoisotopic (exact) mass is 1460 g/mol. The zero-order valence-corrected chi connectivity index (χ0v) is 59.6. The molecule has 104 heavy (non-hydrogen) atoms. The number of carbonyl (C=O) groups excluding carboxylic acids is 12. The Bertz CT molecular complexity index is 3770. The van der Waals surface area contributed by atoms with Gasteiger partial charge < -0.3 is 90.8 Å². The molecule has 0 unspecified atom stereocenters. The molecule has 33 nitrogen and oxygen atoms in total. The largest absolute Gasteiger partial charge is 0.481 e. The summed E-state index contributed by atoms with van der Waals surface area (Å²) < 4.78 is 1.08. The highest BCUT2D eigenvalue weighted by Crippen LogP contribution is 2.34. The number of nitrogens with two attached hydrogens (primary N) is 3. The number of carbonyl (C=O) groups is 13. The zero-order valence-electron chi connectivity index (χ0n) is 58.8. The number of aromatic nitrogens is 3. The maximum atomic E-state index is 15.3. The fraction of sp³-hybridized carbons (Fsp3) is 0.443. The number of amides is 12. The fourth-order valence-corrected chi connectivity index (χ4v) is 11.6. The van der Waals surface area contributed by atoms with Crippen LogP contribution in [-0.2, 0) is 59.2 Å². The van der Waals surface area contributed by atoms with E-state index in [0.29, 0.717) is 50.7 Å². The van der Waals surface area contributed by atoms with Crippen molar-refractivity contribution in [2.45, 2.75) is 144 Å². The van der Waals surface area contributed by atoms with Gasteiger partial charge in [-0.15, -0.1) is 0 Å². The Hall–Kier alpha value is -10.7. The summed E-state index contributed by atoms with van der Waals surface area (Å²) in [6, 6.07) is 15.4. The summed E-state index contributed by atoms with van der Waals surface area (Å²) in [5.41, 5.74) is 19.5. The van der Waals surface area contributed by atoms with Crippen LogP contribution in [0.25, 0.3) is 23.1 Å². The molecule has 0 aliphatic carbocycles. The lowest BCUT2D eigenvalue weighted by Crippen LogP contribution is -2.60. The number of aliphatic carboxylic acids is 1. The average Bonchev–Trinajstić information content (AvgIpc) is 1.64. The van der Waals surface area contributed by atoms with Gasteiger partial charge in [0.1, 0.15) is 42.3 Å². The number of carboxylic acid groups (broad SMARTS) is 1. The van der Waals surface area contributed by atoms with Gasteiger partial charge in [-0.1, -0.05) is 74.1 Å². The molecule has 0 aliphatic heterocycles. The van der Waals surface area contributed by atoms with E-state index >= 15 is 4.79 Å². The highest BCUT2D eigenvalue weighted by Gasteiger charge is 2.34. The van der Waals surface area contributed by atoms with Crippen LogP contribution in [0.3, 0.4) is 0 Å². The first kappa shape index (κ1) is 84.0. The second kappa shape index (κ2) is 44.0. The van der Waals surface area contributed by atoms with E-state index < -0.39 is 146 Å². The van der Waals surface area contributed by atoms with Gasteiger partial charge in [0.2, 0.25) is 59.6 Å². The molecule has 0 radical (unpaired) electrons. The number of aliphatic hydroxyl groups is 1. The highest BCUT2D eigenvalue weighted by atomic mass is 32.2. The lowest BCUT2D eigenvalue weighted by atomic mass is 10.00. The van der Waals surface area contributed by atoms with E-state index in [4.69, 9.17) is 22.3 Å². The quantitative estimate of drug-likeness (QED) is 0.0167. The van der Waals surface area contributed by atoms with Gasteiger partial charge in [0.25, 0.3) is 5.91 Å². The summed E-state index contributed by atoms with van der Waals surface area (Å²) in [5.74, 6) is -8.89. The summed E-state index contributed by atoms with van der Waals surface area (Å²) in [5, 5.41) is 53.5. The third-order valence-corrected chi connectivity index (χ3v) is 17.0. The number of benzene rings is 3. The number of nitrogens with zero attached hydrogens (tertiary/aromatic N) is 4. The van der Waals surface area contributed by atoms with Gasteiger partial charge in [0, 0.05) is 87.3 Å². The Morgan fingerprint density at radius 3 is 1.83 bits per heavy atom. The van der Waals surface area contributed by atoms with Crippen LogP contribution in [0.4, 0.5) is 4.79 Å². The number of rotatable bonds is 44. The number of hydrogen-bond donors (Lipinski definition) is 16. The molecule has 0 bridgehead atoms. The molecule has 8 atom stereocenters. The van der Waals surface area contributed by atoms with Crippen LogP contribution in [-0.4, -0.2) is 215 Å². The molecule has 0 saturated heterocycles. The van der Waals surface area contributed by atoms with Crippen LogP contribution in [0, 0.1) is 5.92 Å². The number of pyridine rings is 1. The normalized spacial score (nSPS) is 13.4. The van der Waals surface area contributed by atoms with Gasteiger partial charge >= 0.3 is 12.0 Å². The van der Waals surface area contributed by atoms with Gasteiger partial charge in [-0.2, -0.15) is 9.78 Å². The lowest BCUT2D eigenvalue weighted by molar-refractivity contribution is -0.138. The van der Waals surface area contributed by atoms with E-state index in [1.165, 1.54) is 30.6 Å². The van der Waals surface area contributed by atoms with Gasteiger partial charge in [-0.25, -0.2) is 4.79 Å². The Morgan fingerprint density at radius 1 is 0.615 bits per heavy atom. The van der Waals surface area contributed by atoms with E-state index in [1.807, 2.05) is 13.8 Å². The van der Waals surface area contributed by atoms with Crippen molar-refractivity contribution < 1.29 is 72.5 Å². The molecule has 34 heteroatoms. The van der Waals surface area contributed by atoms with Crippen molar-refractivity contribution in [3.63, 3.8) is 0 Å². The molecule has 0 fully saturated rings. The van der Waals surface area contributed by atoms with Crippen molar-refractivity contribution in [3.05, 3.63) is 120 Å². The average molecular weight is 1460 g/mol. The molecular formula is C70H96N18O15S. The Balaban J connectivity index is 1.51. The van der Waals surface area contributed by atoms with Crippen molar-refractivity contribution in [1.29, 1.82) is 0 Å². The number of nitrogens with one attached hydrogen (secondary N) is 11. The van der Waals surface area contributed by atoms with E-state index in [2.05, 4.69) is 63.5 Å². The summed E-state index contributed by atoms with van der Waals surface area (Å²) in [6.45, 7) is 4.83. The fourth-order valence-electron chi connectivity index (χ4n) is 10.6. The predicted octanol–water partition coefficient (Wildman–Crippen LogP) is -0.865. The molecule has 3 aromatic carbocycles. The van der Waals surface area contributed by atoms with Gasteiger partial charge in [-0.05, 0) is 131 Å². The van der Waals surface area contributed by atoms with E-state index in [9.17, 15) is 67.7 Å². The van der Waals surface area contributed by atoms with Crippen LogP contribution >= 0.6 is 11.8 Å². The summed E-state index contributed by atoms with van der Waals surface area (Å²) in [4.78, 5) is 183. The van der Waals surface area contributed by atoms with Crippen LogP contribution < -0.4 is 75.7 Å². The number of fused-ring (bicyclic) bond motifs is 1. The lowest BCUT2D eigenvalue weighted by Gasteiger charge is -2.28. The molecule has 0 aliphatic rings. The standard InChI is InChI=1S/C70H96N18O15S/c1-42(2)38-55(67(100)82-52(25-30-72)64(97)76-33-13-29-71)84-68(101)56(39-45-14-7-6-8-15-45)85-65(98)53(26-31-73)83-66(99)54(27-34-77-69(102)61(43(3)90)79-41-89)81-59(92)28-36-87(37-35-78-63(96)51(80-44(4)91)23-24-60(93)94)70(103)88-57-40-47(104-58-18-10-9-17-49(58)62(95)74-5)20-21-48(57)50(86-88)22-19-46-16-11-12-32-75-46/h6-12,14-22,32,40-43,51-56,61,90H,13,23-31,33-39,71-73H2,1-5H3,(H,74,95)(H,76,97)(H,77,102)(H,78,96)(H,79,89)(H,80,91)(H,81,92)(H,82,100)(H,83,99)(H,84,101)(H,85,98)(H,93,94)/b22-19+/t43-,51+,52+,53+,54+,55+,56-,61+/m1/s1. The van der Waals surface area contributed by atoms with Crippen LogP contribution in [0.5, 0.6) is 0 Å². The molecule has 19 N–H and O–H groups in total. The number of hydrogen-bond acceptors (Lipinski definition) is 20. The Labute approximate surface area is 606 Å². The summed E-state index contributed by atoms with van der Waals surface area (Å²) in [6.07, 6.45) is 2.21. The minimum absolute atomic E-state index is 0.0376. The van der Waals surface area contributed by atoms with Crippen molar-refractivity contribution in [2.75, 3.05) is 59.4 Å². The van der Waals surface area contributed by atoms with Crippen molar-refractivity contribution in [1.82, 2.24) is 78.1 Å². The maximum Gasteiger partial charge on any atom is 0.345 e. The predicted molar refractivity (Wildman–Crippen MR) is 387 cm³/mol. The molecule has 2 heterocycles. The Morgan fingerprint density at radius 2 is 1.21 bits per heavy atom. The second-order valence-corrected chi connectivity index (χ2v) is 25.7. The van der Waals surface area contributed by atoms with E-state index in [1.54, 1.807) is 109 Å². The first-order valence-electron chi connectivity index (χ1n) is 34.1. The molecule has 5 rings (SSSR count). The number of carboxylic acids is 1. The number of aliphatic hydroxyl groups excluding tert-OH is 1. The molecule has 2 aromatic heterocycles. The smallest absolute Gasteiger partial charge is 0.345 e. The molecule has 5 aromatic rings. The molecule has 0 spiro atoms. The molecule has 12 amide bonds. The van der Waals surface area contributed by atoms with Gasteiger partial charge in [0.15, 0.2) is 0 Å². The maximum absolute atomic E-state index is 15.3. The van der Waals surface area contributed by atoms with Crippen LogP contribution in [0.1, 0.15) is 106 Å². The summed E-state index contributed by atoms with van der Waals surface area (Å²) in [7, 11) is 1.50. The topological polar surface area (TPSA) is 507 Å². The minimum Gasteiger partial charge on any atom is -0.481 e.